The van der Waals surface area contributed by atoms with Crippen molar-refractivity contribution >= 4 is 0 Å². The summed E-state index contributed by atoms with van der Waals surface area (Å²) >= 11 is 0. The summed E-state index contributed by atoms with van der Waals surface area (Å²) in [5.41, 5.74) is 3.11. The Labute approximate surface area is 103 Å². The first kappa shape index (κ1) is 10.4. The van der Waals surface area contributed by atoms with Crippen LogP contribution in [0.3, 0.4) is 0 Å². The normalized spacial score (nSPS) is 10.2. The topological polar surface area (TPSA) is 77.3 Å². The van der Waals surface area contributed by atoms with Crippen LogP contribution in [0.2, 0.25) is 0 Å². The first-order valence-corrected chi connectivity index (χ1v) is 5.25. The monoisotopic (exact) mass is 235 g/mol. The summed E-state index contributed by atoms with van der Waals surface area (Å²) in [6, 6.07) is 12.3. The van der Waals surface area contributed by atoms with Crippen molar-refractivity contribution in [1.29, 1.82) is 0 Å². The van der Waals surface area contributed by atoms with E-state index >= 15 is 0 Å². The van der Waals surface area contributed by atoms with Gasteiger partial charge in [-0.2, -0.15) is 0 Å². The average molecular weight is 235 g/mol. The molecule has 85 valence electrons. The summed E-state index contributed by atoms with van der Waals surface area (Å²) in [4.78, 5) is 0. The standard InChI is InChI=1S/C12H7N6/c1-2-4-10(12-6-8-14-18-16-12)9(3-1)11-5-7-13-17-15-11/h1-3,5-8H. The molecule has 1 aromatic carbocycles. The quantitative estimate of drug-likeness (QED) is 0.664. The van der Waals surface area contributed by atoms with Gasteiger partial charge in [0.05, 0.1) is 23.8 Å². The Morgan fingerprint density at radius 3 is 2.22 bits per heavy atom. The first-order chi connectivity index (χ1) is 8.95. The average Bonchev–Trinajstić information content (AvgIpc) is 2.49. The van der Waals surface area contributed by atoms with E-state index in [4.69, 9.17) is 0 Å². The van der Waals surface area contributed by atoms with E-state index in [0.29, 0.717) is 5.69 Å². The van der Waals surface area contributed by atoms with E-state index in [9.17, 15) is 0 Å². The Kier molecular flexibility index (Phi) is 2.67. The van der Waals surface area contributed by atoms with E-state index in [0.717, 1.165) is 16.8 Å². The molecule has 0 aliphatic heterocycles. The van der Waals surface area contributed by atoms with Crippen molar-refractivity contribution in [2.75, 3.05) is 0 Å². The Morgan fingerprint density at radius 2 is 1.56 bits per heavy atom. The van der Waals surface area contributed by atoms with E-state index in [1.165, 1.54) is 0 Å². The third kappa shape index (κ3) is 1.91. The molecule has 0 saturated carbocycles. The summed E-state index contributed by atoms with van der Waals surface area (Å²) in [6.07, 6.45) is 3.18. The van der Waals surface area contributed by atoms with E-state index in [1.807, 2.05) is 18.2 Å². The predicted molar refractivity (Wildman–Crippen MR) is 62.9 cm³/mol. The summed E-state index contributed by atoms with van der Waals surface area (Å²) in [7, 11) is 0. The number of hydrogen-bond donors (Lipinski definition) is 0. The highest BCUT2D eigenvalue weighted by Crippen LogP contribution is 2.27. The van der Waals surface area contributed by atoms with Crippen molar-refractivity contribution < 1.29 is 0 Å². The van der Waals surface area contributed by atoms with Gasteiger partial charge in [0.25, 0.3) is 0 Å². The fraction of sp³-hybridized carbons (Fsp3) is 0. The number of benzene rings is 1. The lowest BCUT2D eigenvalue weighted by atomic mass is 10.0. The molecule has 0 N–H and O–H groups in total. The lowest BCUT2D eigenvalue weighted by Gasteiger charge is -2.05. The van der Waals surface area contributed by atoms with E-state index in [1.54, 1.807) is 24.5 Å². The molecule has 0 aliphatic rings. The van der Waals surface area contributed by atoms with Crippen LogP contribution in [0.4, 0.5) is 0 Å². The number of nitrogens with zero attached hydrogens (tertiary/aromatic N) is 6. The molecule has 2 aromatic heterocycles. The lowest BCUT2D eigenvalue weighted by molar-refractivity contribution is 0.866. The van der Waals surface area contributed by atoms with E-state index < -0.39 is 0 Å². The van der Waals surface area contributed by atoms with Crippen LogP contribution in [0.1, 0.15) is 0 Å². The molecule has 2 heterocycles. The van der Waals surface area contributed by atoms with Gasteiger partial charge in [0.2, 0.25) is 0 Å². The molecule has 6 heteroatoms. The van der Waals surface area contributed by atoms with Gasteiger partial charge in [-0.3, -0.25) is 0 Å². The van der Waals surface area contributed by atoms with Crippen molar-refractivity contribution in [2.45, 2.75) is 0 Å². The van der Waals surface area contributed by atoms with Crippen molar-refractivity contribution in [3.63, 3.8) is 0 Å². The Balaban J connectivity index is 2.18. The van der Waals surface area contributed by atoms with Gasteiger partial charge in [-0.25, -0.2) is 0 Å². The van der Waals surface area contributed by atoms with Gasteiger partial charge < -0.3 is 0 Å². The summed E-state index contributed by atoms with van der Waals surface area (Å²) < 4.78 is 0. The molecule has 0 atom stereocenters. The maximum absolute atomic E-state index is 3.99. The van der Waals surface area contributed by atoms with Gasteiger partial charge in [0.1, 0.15) is 0 Å². The Bertz CT molecular complexity index is 582. The maximum atomic E-state index is 3.99. The zero-order valence-electron chi connectivity index (χ0n) is 9.22. The van der Waals surface area contributed by atoms with Gasteiger partial charge in [-0.05, 0) is 28.6 Å². The smallest absolute Gasteiger partial charge is 0.0976 e. The van der Waals surface area contributed by atoms with E-state index in [2.05, 4.69) is 36.9 Å². The van der Waals surface area contributed by atoms with Crippen LogP contribution >= 0.6 is 0 Å². The molecule has 6 nitrogen and oxygen atoms in total. The number of rotatable bonds is 2. The van der Waals surface area contributed by atoms with Crippen LogP contribution in [0.15, 0.2) is 42.7 Å². The van der Waals surface area contributed by atoms with Gasteiger partial charge >= 0.3 is 0 Å². The van der Waals surface area contributed by atoms with Gasteiger partial charge in [0, 0.05) is 11.1 Å². The van der Waals surface area contributed by atoms with Gasteiger partial charge in [0.15, 0.2) is 0 Å². The van der Waals surface area contributed by atoms with Crippen molar-refractivity contribution in [1.82, 2.24) is 30.8 Å². The molecule has 18 heavy (non-hydrogen) atoms. The third-order valence-corrected chi connectivity index (χ3v) is 2.39. The molecule has 0 fully saturated rings. The molecule has 0 unspecified atom stereocenters. The van der Waals surface area contributed by atoms with Crippen molar-refractivity contribution in [2.24, 2.45) is 0 Å². The van der Waals surface area contributed by atoms with Crippen LogP contribution in [0.5, 0.6) is 0 Å². The molecular formula is C12H7N6. The van der Waals surface area contributed by atoms with E-state index in [-0.39, 0.29) is 0 Å². The predicted octanol–water partition coefficient (Wildman–Crippen LogP) is 1.19. The molecule has 0 aliphatic carbocycles. The van der Waals surface area contributed by atoms with Gasteiger partial charge in [-0.1, -0.05) is 18.2 Å². The summed E-state index contributed by atoms with van der Waals surface area (Å²) in [5, 5.41) is 22.6. The second kappa shape index (κ2) is 4.62. The second-order valence-electron chi connectivity index (χ2n) is 3.47. The van der Waals surface area contributed by atoms with Crippen molar-refractivity contribution in [3.05, 3.63) is 48.8 Å². The van der Waals surface area contributed by atoms with Gasteiger partial charge in [-0.15, -0.1) is 20.4 Å². The molecule has 0 amide bonds. The maximum Gasteiger partial charge on any atom is 0.0976 e. The highest BCUT2D eigenvalue weighted by atomic mass is 15.3. The van der Waals surface area contributed by atoms with Crippen LogP contribution in [-0.2, 0) is 0 Å². The highest BCUT2D eigenvalue weighted by molar-refractivity contribution is 5.78. The first-order valence-electron chi connectivity index (χ1n) is 5.25. The number of hydrogen-bond acceptors (Lipinski definition) is 6. The summed E-state index contributed by atoms with van der Waals surface area (Å²) in [5.74, 6) is 0. The van der Waals surface area contributed by atoms with Crippen LogP contribution in [0.25, 0.3) is 22.5 Å². The fourth-order valence-corrected chi connectivity index (χ4v) is 1.62. The van der Waals surface area contributed by atoms with Crippen molar-refractivity contribution in [3.8, 4) is 22.5 Å². The summed E-state index contributed by atoms with van der Waals surface area (Å²) in [6.45, 7) is 0. The molecule has 0 saturated heterocycles. The third-order valence-electron chi connectivity index (χ3n) is 2.39. The zero-order chi connectivity index (χ0) is 12.2. The second-order valence-corrected chi connectivity index (χ2v) is 3.47. The lowest BCUT2D eigenvalue weighted by Crippen LogP contribution is -1.94. The SMILES string of the molecule is [c]1cccc(-c2ccnnn2)c1-c1ccnnn1. The molecule has 3 rings (SSSR count). The molecular weight excluding hydrogens is 228 g/mol. The fourth-order valence-electron chi connectivity index (χ4n) is 1.62. The number of aromatic nitrogens is 6. The highest BCUT2D eigenvalue weighted by Gasteiger charge is 2.09. The van der Waals surface area contributed by atoms with Crippen LogP contribution in [0, 0.1) is 6.07 Å². The molecule has 3 aromatic rings. The minimum atomic E-state index is 0.694. The van der Waals surface area contributed by atoms with Crippen LogP contribution < -0.4 is 0 Å². The minimum Gasteiger partial charge on any atom is -0.139 e. The Morgan fingerprint density at radius 1 is 0.833 bits per heavy atom. The zero-order valence-corrected chi connectivity index (χ0v) is 9.22. The van der Waals surface area contributed by atoms with Crippen LogP contribution in [-0.4, -0.2) is 30.8 Å². The molecule has 1 radical (unpaired) electrons. The molecule has 0 spiro atoms. The molecule has 0 bridgehead atoms. The Hall–Kier alpha value is -2.76. The largest absolute Gasteiger partial charge is 0.139 e. The minimum absolute atomic E-state index is 0.694.